The molecule has 1 heterocycles. The molecule has 3 nitrogen and oxygen atoms in total. The van der Waals surface area contributed by atoms with E-state index in [0.29, 0.717) is 18.4 Å². The van der Waals surface area contributed by atoms with E-state index in [4.69, 9.17) is 0 Å². The quantitative estimate of drug-likeness (QED) is 0.764. The Labute approximate surface area is 127 Å². The van der Waals surface area contributed by atoms with Gasteiger partial charge in [-0.15, -0.1) is 5.06 Å². The van der Waals surface area contributed by atoms with Gasteiger partial charge in [-0.2, -0.15) is 26.3 Å². The van der Waals surface area contributed by atoms with Gasteiger partial charge >= 0.3 is 18.3 Å². The lowest BCUT2D eigenvalue weighted by molar-refractivity contribution is -0.241. The van der Waals surface area contributed by atoms with Crippen LogP contribution < -0.4 is 0 Å². The number of hydrogen-bond donors (Lipinski definition) is 0. The third kappa shape index (κ3) is 4.60. The number of halogens is 6. The Kier molecular flexibility index (Phi) is 4.88. The largest absolute Gasteiger partial charge is 0.492 e. The summed E-state index contributed by atoms with van der Waals surface area (Å²) in [4.78, 5) is 14.9. The van der Waals surface area contributed by atoms with Crippen molar-refractivity contribution in [2.45, 2.75) is 31.1 Å². The lowest BCUT2D eigenvalue weighted by Crippen LogP contribution is -2.39. The summed E-state index contributed by atoms with van der Waals surface area (Å²) in [6.07, 6.45) is -8.69. The molecule has 2 rings (SSSR count). The number of hydrogen-bond acceptors (Lipinski definition) is 3. The van der Waals surface area contributed by atoms with Crippen molar-refractivity contribution < 1.29 is 36.0 Å². The van der Waals surface area contributed by atoms with Crippen LogP contribution >= 0.6 is 0 Å². The minimum atomic E-state index is -5.05. The number of piperidine rings is 1. The smallest absolute Gasteiger partial charge is 0.361 e. The Balaban J connectivity index is 1.91. The maximum Gasteiger partial charge on any atom is 0.492 e. The third-order valence-electron chi connectivity index (χ3n) is 3.61. The number of carbonyl (C=O) groups excluding carboxylic acids is 1. The van der Waals surface area contributed by atoms with Crippen LogP contribution in [0.4, 0.5) is 26.3 Å². The van der Waals surface area contributed by atoms with E-state index in [-0.39, 0.29) is 19.0 Å². The van der Waals surface area contributed by atoms with Crippen molar-refractivity contribution in [2.75, 3.05) is 13.1 Å². The number of nitrogens with zero attached hydrogens (tertiary/aromatic N) is 1. The summed E-state index contributed by atoms with van der Waals surface area (Å²) in [5, 5.41) is 0.927. The van der Waals surface area contributed by atoms with Crippen LogP contribution in [0.3, 0.4) is 0 Å². The van der Waals surface area contributed by atoms with Crippen molar-refractivity contribution >= 4 is 5.97 Å². The van der Waals surface area contributed by atoms with Gasteiger partial charge in [-0.1, -0.05) is 12.1 Å². The first-order valence-electron chi connectivity index (χ1n) is 6.78. The summed E-state index contributed by atoms with van der Waals surface area (Å²) in [6, 6.07) is 4.69. The van der Waals surface area contributed by atoms with Crippen molar-refractivity contribution in [1.82, 2.24) is 5.06 Å². The number of carbonyl (C=O) groups is 1. The summed E-state index contributed by atoms with van der Waals surface area (Å²) in [6.45, 7) is 0.182. The summed E-state index contributed by atoms with van der Waals surface area (Å²) in [5.41, 5.74) is -0.0717. The van der Waals surface area contributed by atoms with Crippen LogP contribution in [0.15, 0.2) is 24.3 Å². The molecule has 0 aromatic heterocycles. The van der Waals surface area contributed by atoms with Crippen LogP contribution in [-0.4, -0.2) is 30.3 Å². The Morgan fingerprint density at radius 3 is 1.96 bits per heavy atom. The van der Waals surface area contributed by atoms with Gasteiger partial charge in [0.25, 0.3) is 0 Å². The van der Waals surface area contributed by atoms with Crippen molar-refractivity contribution in [3.8, 4) is 0 Å². The summed E-state index contributed by atoms with van der Waals surface area (Å²) in [7, 11) is 0. The number of alkyl halides is 6. The Morgan fingerprint density at radius 1 is 1.00 bits per heavy atom. The molecular formula is C14H13F6NO2. The fourth-order valence-corrected chi connectivity index (χ4v) is 2.39. The minimum Gasteiger partial charge on any atom is -0.361 e. The molecule has 1 aromatic rings. The minimum absolute atomic E-state index is 0.0851. The van der Waals surface area contributed by atoms with E-state index >= 15 is 0 Å². The fraction of sp³-hybridized carbons (Fsp3) is 0.500. The van der Waals surface area contributed by atoms with E-state index in [9.17, 15) is 31.1 Å². The highest BCUT2D eigenvalue weighted by atomic mass is 19.4. The molecule has 1 fully saturated rings. The third-order valence-corrected chi connectivity index (χ3v) is 3.61. The van der Waals surface area contributed by atoms with Crippen LogP contribution in [0, 0.1) is 0 Å². The van der Waals surface area contributed by atoms with Gasteiger partial charge < -0.3 is 4.84 Å². The van der Waals surface area contributed by atoms with Gasteiger partial charge in [0.15, 0.2) is 0 Å². The van der Waals surface area contributed by atoms with Gasteiger partial charge in [0.2, 0.25) is 0 Å². The first kappa shape index (κ1) is 17.6. The normalized spacial score (nSPS) is 18.0. The van der Waals surface area contributed by atoms with Crippen molar-refractivity contribution in [2.24, 2.45) is 0 Å². The van der Waals surface area contributed by atoms with Gasteiger partial charge in [-0.25, -0.2) is 4.79 Å². The van der Waals surface area contributed by atoms with Crippen LogP contribution in [-0.2, 0) is 15.8 Å². The summed E-state index contributed by atoms with van der Waals surface area (Å²) < 4.78 is 73.7. The van der Waals surface area contributed by atoms with E-state index < -0.39 is 23.9 Å². The molecule has 128 valence electrons. The van der Waals surface area contributed by atoms with E-state index in [1.807, 2.05) is 0 Å². The second-order valence-corrected chi connectivity index (χ2v) is 5.20. The fourth-order valence-electron chi connectivity index (χ4n) is 2.39. The van der Waals surface area contributed by atoms with Crippen LogP contribution in [0.5, 0.6) is 0 Å². The summed E-state index contributed by atoms with van der Waals surface area (Å²) in [5.74, 6) is -2.36. The zero-order chi connectivity index (χ0) is 17.3. The molecular weight excluding hydrogens is 328 g/mol. The highest BCUT2D eigenvalue weighted by Crippen LogP contribution is 2.33. The zero-order valence-electron chi connectivity index (χ0n) is 11.7. The highest BCUT2D eigenvalue weighted by molar-refractivity contribution is 5.75. The van der Waals surface area contributed by atoms with Crippen molar-refractivity contribution in [3.05, 3.63) is 35.4 Å². The van der Waals surface area contributed by atoms with Gasteiger partial charge in [0.1, 0.15) is 0 Å². The van der Waals surface area contributed by atoms with Crippen LogP contribution in [0.25, 0.3) is 0 Å². The van der Waals surface area contributed by atoms with Crippen LogP contribution in [0.2, 0.25) is 0 Å². The molecule has 0 aliphatic carbocycles. The molecule has 0 unspecified atom stereocenters. The molecule has 1 aliphatic rings. The molecule has 1 aromatic carbocycles. The molecule has 0 radical (unpaired) electrons. The first-order valence-corrected chi connectivity index (χ1v) is 6.78. The van der Waals surface area contributed by atoms with Crippen molar-refractivity contribution in [3.63, 3.8) is 0 Å². The van der Waals surface area contributed by atoms with Gasteiger partial charge in [0, 0.05) is 13.1 Å². The number of hydroxylamine groups is 2. The topological polar surface area (TPSA) is 29.5 Å². The van der Waals surface area contributed by atoms with E-state index in [0.717, 1.165) is 17.2 Å². The molecule has 0 bridgehead atoms. The zero-order valence-corrected chi connectivity index (χ0v) is 11.7. The van der Waals surface area contributed by atoms with Gasteiger partial charge in [-0.3, -0.25) is 0 Å². The van der Waals surface area contributed by atoms with Crippen molar-refractivity contribution in [1.29, 1.82) is 0 Å². The lowest BCUT2D eigenvalue weighted by Gasteiger charge is -2.30. The number of benzene rings is 1. The maximum absolute atomic E-state index is 12.5. The molecule has 0 saturated carbocycles. The lowest BCUT2D eigenvalue weighted by atomic mass is 9.89. The number of rotatable bonds is 2. The summed E-state index contributed by atoms with van der Waals surface area (Å²) >= 11 is 0. The first-order chi connectivity index (χ1) is 10.6. The average molecular weight is 341 g/mol. The second-order valence-electron chi connectivity index (χ2n) is 5.20. The average Bonchev–Trinajstić information content (AvgIpc) is 2.46. The molecule has 0 N–H and O–H groups in total. The van der Waals surface area contributed by atoms with E-state index in [1.54, 1.807) is 0 Å². The highest BCUT2D eigenvalue weighted by Gasteiger charge is 2.43. The van der Waals surface area contributed by atoms with E-state index in [1.165, 1.54) is 12.1 Å². The van der Waals surface area contributed by atoms with Gasteiger partial charge in [-0.05, 0) is 36.5 Å². The molecule has 9 heteroatoms. The van der Waals surface area contributed by atoms with E-state index in [2.05, 4.69) is 4.84 Å². The predicted molar refractivity (Wildman–Crippen MR) is 67.1 cm³/mol. The maximum atomic E-state index is 12.5. The standard InChI is InChI=1S/C14H13F6NO2/c15-13(16,17)11-3-1-9(2-4-11)10-5-7-21(8-6-10)23-12(22)14(18,19)20/h1-4,10H,5-8H2. The molecule has 1 aliphatic heterocycles. The molecule has 0 atom stereocenters. The van der Waals surface area contributed by atoms with Gasteiger partial charge in [0.05, 0.1) is 5.56 Å². The Hall–Kier alpha value is -1.77. The van der Waals surface area contributed by atoms with Crippen LogP contribution in [0.1, 0.15) is 29.9 Å². The SMILES string of the molecule is O=C(ON1CCC(c2ccc(C(F)(F)F)cc2)CC1)C(F)(F)F. The molecule has 0 amide bonds. The molecule has 1 saturated heterocycles. The monoisotopic (exact) mass is 341 g/mol. The second kappa shape index (κ2) is 6.38. The predicted octanol–water partition coefficient (Wildman–Crippen LogP) is 3.91. The Bertz CT molecular complexity index is 544. The molecule has 0 spiro atoms. The Morgan fingerprint density at radius 2 is 1.52 bits per heavy atom. The molecule has 23 heavy (non-hydrogen) atoms.